The number of aromatic hydroxyl groups is 1. The van der Waals surface area contributed by atoms with Crippen LogP contribution in [0.5, 0.6) is 11.5 Å². The summed E-state index contributed by atoms with van der Waals surface area (Å²) >= 11 is 0. The number of rotatable bonds is 2. The summed E-state index contributed by atoms with van der Waals surface area (Å²) in [5, 5.41) is 19.2. The second-order valence-corrected chi connectivity index (χ2v) is 3.72. The van der Waals surface area contributed by atoms with Gasteiger partial charge in [0.2, 0.25) is 0 Å². The molecule has 5 heteroatoms. The fourth-order valence-electron chi connectivity index (χ4n) is 1.85. The smallest absolute Gasteiger partial charge is 0.128 e. The van der Waals surface area contributed by atoms with Crippen LogP contribution in [-0.2, 0) is 0 Å². The third kappa shape index (κ3) is 1.46. The molecule has 82 valence electrons. The minimum Gasteiger partial charge on any atom is -0.508 e. The Bertz CT molecular complexity index is 496. The Morgan fingerprint density at radius 2 is 2.44 bits per heavy atom. The van der Waals surface area contributed by atoms with E-state index in [9.17, 15) is 5.11 Å². The number of hydrogen-bond donors (Lipinski definition) is 3. The van der Waals surface area contributed by atoms with Gasteiger partial charge in [-0.2, -0.15) is 5.10 Å². The molecule has 1 aromatic heterocycles. The lowest BCUT2D eigenvalue weighted by atomic mass is 10.1. The fraction of sp³-hybridized carbons (Fsp3) is 0.182. The number of nitrogens with zero attached hydrogens (tertiary/aromatic N) is 1. The molecule has 5 nitrogen and oxygen atoms in total. The third-order valence-corrected chi connectivity index (χ3v) is 2.62. The molecule has 0 fully saturated rings. The highest BCUT2D eigenvalue weighted by molar-refractivity contribution is 5.49. The summed E-state index contributed by atoms with van der Waals surface area (Å²) in [6, 6.07) is 5.27. The van der Waals surface area contributed by atoms with E-state index in [1.807, 2.05) is 6.07 Å². The first-order valence-corrected chi connectivity index (χ1v) is 5.04. The van der Waals surface area contributed by atoms with Crippen molar-refractivity contribution < 1.29 is 9.84 Å². The minimum absolute atomic E-state index is 0.105. The van der Waals surface area contributed by atoms with E-state index in [2.05, 4.69) is 15.5 Å². The molecule has 0 aliphatic carbocycles. The van der Waals surface area contributed by atoms with Crippen molar-refractivity contribution in [1.29, 1.82) is 0 Å². The Kier molecular flexibility index (Phi) is 1.96. The zero-order valence-corrected chi connectivity index (χ0v) is 8.47. The van der Waals surface area contributed by atoms with Gasteiger partial charge in [-0.15, -0.1) is 0 Å². The van der Waals surface area contributed by atoms with Gasteiger partial charge in [-0.3, -0.25) is 5.10 Å². The summed E-state index contributed by atoms with van der Waals surface area (Å²) in [6.45, 7) is 0.559. The largest absolute Gasteiger partial charge is 0.508 e. The number of aromatic amines is 1. The lowest BCUT2D eigenvalue weighted by Gasteiger charge is -2.10. The van der Waals surface area contributed by atoms with Crippen molar-refractivity contribution in [3.05, 3.63) is 36.2 Å². The van der Waals surface area contributed by atoms with Gasteiger partial charge in [-0.25, -0.2) is 0 Å². The first kappa shape index (κ1) is 9.08. The average molecular weight is 217 g/mol. The van der Waals surface area contributed by atoms with E-state index in [1.165, 1.54) is 0 Å². The van der Waals surface area contributed by atoms with Gasteiger partial charge in [0, 0.05) is 17.8 Å². The van der Waals surface area contributed by atoms with Crippen LogP contribution >= 0.6 is 0 Å². The number of H-pyrrole nitrogens is 1. The number of phenols is 1. The minimum atomic E-state index is 0.105. The van der Waals surface area contributed by atoms with Gasteiger partial charge < -0.3 is 15.2 Å². The predicted octanol–water partition coefficient (Wildman–Crippen LogP) is 1.66. The van der Waals surface area contributed by atoms with Crippen LogP contribution in [0.2, 0.25) is 0 Å². The zero-order valence-electron chi connectivity index (χ0n) is 8.47. The Hall–Kier alpha value is -2.17. The first-order chi connectivity index (χ1) is 7.83. The van der Waals surface area contributed by atoms with E-state index < -0.39 is 0 Å². The Balaban J connectivity index is 1.86. The number of nitrogens with one attached hydrogen (secondary N) is 2. The zero-order chi connectivity index (χ0) is 11.0. The van der Waals surface area contributed by atoms with Crippen LogP contribution in [0, 0.1) is 0 Å². The third-order valence-electron chi connectivity index (χ3n) is 2.62. The van der Waals surface area contributed by atoms with E-state index in [-0.39, 0.29) is 11.8 Å². The van der Waals surface area contributed by atoms with Crippen LogP contribution in [-0.4, -0.2) is 21.9 Å². The van der Waals surface area contributed by atoms with Gasteiger partial charge in [0.1, 0.15) is 18.1 Å². The number of benzene rings is 1. The van der Waals surface area contributed by atoms with Crippen molar-refractivity contribution in [1.82, 2.24) is 10.2 Å². The molecule has 16 heavy (non-hydrogen) atoms. The summed E-state index contributed by atoms with van der Waals surface area (Å²) in [6.07, 6.45) is 3.51. The quantitative estimate of drug-likeness (QED) is 0.715. The molecule has 0 saturated carbocycles. The summed E-state index contributed by atoms with van der Waals surface area (Å²) in [5.74, 6) is 0.962. The number of anilines is 1. The van der Waals surface area contributed by atoms with Crippen molar-refractivity contribution in [3.8, 4) is 11.5 Å². The second-order valence-electron chi connectivity index (χ2n) is 3.72. The topological polar surface area (TPSA) is 70.2 Å². The van der Waals surface area contributed by atoms with Crippen LogP contribution in [0.4, 0.5) is 5.69 Å². The molecule has 1 atom stereocenters. The molecule has 3 N–H and O–H groups in total. The van der Waals surface area contributed by atoms with Crippen molar-refractivity contribution in [2.75, 3.05) is 11.9 Å². The molecule has 2 heterocycles. The van der Waals surface area contributed by atoms with Crippen LogP contribution in [0.25, 0.3) is 0 Å². The molecule has 1 aromatic carbocycles. The van der Waals surface area contributed by atoms with E-state index in [0.29, 0.717) is 6.61 Å². The number of phenolic OH excluding ortho intramolecular Hbond substituents is 1. The van der Waals surface area contributed by atoms with Gasteiger partial charge in [-0.1, -0.05) is 0 Å². The Morgan fingerprint density at radius 1 is 1.50 bits per heavy atom. The molecule has 1 aliphatic rings. The summed E-state index contributed by atoms with van der Waals surface area (Å²) < 4.78 is 5.49. The maximum Gasteiger partial charge on any atom is 0.128 e. The van der Waals surface area contributed by atoms with Crippen LogP contribution < -0.4 is 10.1 Å². The monoisotopic (exact) mass is 217 g/mol. The highest BCUT2D eigenvalue weighted by Crippen LogP contribution is 2.36. The van der Waals surface area contributed by atoms with Crippen LogP contribution in [0.3, 0.4) is 0 Å². The van der Waals surface area contributed by atoms with E-state index in [4.69, 9.17) is 4.74 Å². The van der Waals surface area contributed by atoms with Gasteiger partial charge in [-0.05, 0) is 12.1 Å². The molecule has 1 unspecified atom stereocenters. The number of aromatic nitrogens is 2. The van der Waals surface area contributed by atoms with Crippen molar-refractivity contribution in [2.45, 2.75) is 6.04 Å². The maximum absolute atomic E-state index is 9.32. The second kappa shape index (κ2) is 3.44. The molecule has 0 spiro atoms. The van der Waals surface area contributed by atoms with Crippen molar-refractivity contribution in [2.24, 2.45) is 0 Å². The van der Waals surface area contributed by atoms with Crippen LogP contribution in [0.1, 0.15) is 11.6 Å². The normalized spacial score (nSPS) is 17.9. The van der Waals surface area contributed by atoms with Gasteiger partial charge >= 0.3 is 0 Å². The average Bonchev–Trinajstić information content (AvgIpc) is 2.89. The Morgan fingerprint density at radius 3 is 3.25 bits per heavy atom. The lowest BCUT2D eigenvalue weighted by Crippen LogP contribution is -2.11. The molecule has 1 aliphatic heterocycles. The van der Waals surface area contributed by atoms with Gasteiger partial charge in [0.15, 0.2) is 0 Å². The van der Waals surface area contributed by atoms with Crippen molar-refractivity contribution in [3.63, 3.8) is 0 Å². The fourth-order valence-corrected chi connectivity index (χ4v) is 1.85. The van der Waals surface area contributed by atoms with Gasteiger partial charge in [0.25, 0.3) is 0 Å². The molecule has 0 radical (unpaired) electrons. The lowest BCUT2D eigenvalue weighted by molar-refractivity contribution is 0.338. The standard InChI is InChI=1S/C11H11N3O2/c15-8-1-2-9-10(6-16-11(9)3-8)14-7-4-12-13-5-7/h1-5,10,14-15H,6H2,(H,12,13). The molecule has 0 bridgehead atoms. The number of ether oxygens (including phenoxy) is 1. The molecule has 3 rings (SSSR count). The summed E-state index contributed by atoms with van der Waals surface area (Å²) in [7, 11) is 0. The molecule has 0 saturated heterocycles. The predicted molar refractivity (Wildman–Crippen MR) is 58.6 cm³/mol. The van der Waals surface area contributed by atoms with E-state index in [0.717, 1.165) is 17.0 Å². The van der Waals surface area contributed by atoms with Crippen molar-refractivity contribution >= 4 is 5.69 Å². The van der Waals surface area contributed by atoms with E-state index >= 15 is 0 Å². The summed E-state index contributed by atoms with van der Waals surface area (Å²) in [4.78, 5) is 0. The number of hydrogen-bond acceptors (Lipinski definition) is 4. The SMILES string of the molecule is Oc1ccc2c(c1)OCC2Nc1cn[nH]c1. The number of fused-ring (bicyclic) bond motifs is 1. The molecular formula is C11H11N3O2. The summed E-state index contributed by atoms with van der Waals surface area (Å²) in [5.41, 5.74) is 1.98. The van der Waals surface area contributed by atoms with Gasteiger partial charge in [0.05, 0.1) is 17.9 Å². The molecule has 0 amide bonds. The Labute approximate surface area is 92.1 Å². The highest BCUT2D eigenvalue weighted by atomic mass is 16.5. The molecule has 2 aromatic rings. The van der Waals surface area contributed by atoms with Crippen LogP contribution in [0.15, 0.2) is 30.6 Å². The highest BCUT2D eigenvalue weighted by Gasteiger charge is 2.24. The first-order valence-electron chi connectivity index (χ1n) is 5.04. The van der Waals surface area contributed by atoms with E-state index in [1.54, 1.807) is 24.5 Å². The maximum atomic E-state index is 9.32. The molecular weight excluding hydrogens is 206 g/mol.